The minimum absolute atomic E-state index is 0.218. The van der Waals surface area contributed by atoms with E-state index in [2.05, 4.69) is 9.88 Å². The molecule has 0 rings (SSSR count). The summed E-state index contributed by atoms with van der Waals surface area (Å²) >= 11 is 11.4. The summed E-state index contributed by atoms with van der Waals surface area (Å²) in [6, 6.07) is 0. The van der Waals surface area contributed by atoms with Gasteiger partial charge in [0.2, 0.25) is 0 Å². The first-order chi connectivity index (χ1) is 16.0. The van der Waals surface area contributed by atoms with Gasteiger partial charge in [0.25, 0.3) is 0 Å². The number of carboxylic acids is 2. The molecular formula is C26H50Cl2O4Sn. The van der Waals surface area contributed by atoms with Crippen LogP contribution < -0.4 is 10.2 Å². The topological polar surface area (TPSA) is 80.3 Å². The van der Waals surface area contributed by atoms with E-state index in [0.29, 0.717) is 0 Å². The summed E-state index contributed by atoms with van der Waals surface area (Å²) in [6.07, 6.45) is 21.2. The van der Waals surface area contributed by atoms with Gasteiger partial charge in [0.05, 0.1) is 0 Å². The van der Waals surface area contributed by atoms with Crippen LogP contribution >= 0.6 is 23.2 Å². The van der Waals surface area contributed by atoms with Crippen LogP contribution in [0.2, 0.25) is 9.88 Å². The number of aliphatic carboxylic acids is 2. The van der Waals surface area contributed by atoms with Crippen molar-refractivity contribution in [2.45, 2.75) is 138 Å². The Morgan fingerprint density at radius 2 is 0.667 bits per heavy atom. The number of rotatable bonds is 22. The van der Waals surface area contributed by atoms with E-state index in [-0.39, 0.29) is 34.0 Å². The number of carboxylic acid groups (broad SMARTS) is 2. The summed E-state index contributed by atoms with van der Waals surface area (Å²) in [6.45, 7) is 0. The number of carbonyl (C=O) groups is 2. The Bertz CT molecular complexity index is 351. The van der Waals surface area contributed by atoms with Crippen molar-refractivity contribution in [2.24, 2.45) is 0 Å². The van der Waals surface area contributed by atoms with E-state index < -0.39 is 11.9 Å². The molecule has 0 aromatic carbocycles. The molecule has 7 heteroatoms. The fraction of sp³-hybridized carbons (Fsp3) is 0.923. The van der Waals surface area contributed by atoms with Crippen molar-refractivity contribution in [2.75, 3.05) is 11.8 Å². The Labute approximate surface area is 225 Å². The fourth-order valence-corrected chi connectivity index (χ4v) is 3.58. The van der Waals surface area contributed by atoms with Crippen molar-refractivity contribution in [1.29, 1.82) is 0 Å². The van der Waals surface area contributed by atoms with E-state index in [1.165, 1.54) is 64.2 Å². The van der Waals surface area contributed by atoms with E-state index in [0.717, 1.165) is 63.1 Å². The van der Waals surface area contributed by atoms with E-state index in [1.54, 1.807) is 0 Å². The van der Waals surface area contributed by atoms with Gasteiger partial charge in [0, 0.05) is 23.7 Å². The van der Waals surface area contributed by atoms with Crippen molar-refractivity contribution in [3.05, 3.63) is 0 Å². The molecule has 0 aromatic rings. The summed E-state index contributed by atoms with van der Waals surface area (Å²) in [5, 5.41) is 20.2. The number of carbonyl (C=O) groups excluding carboxylic acids is 2. The molecule has 0 unspecified atom stereocenters. The number of halogens is 2. The first-order valence-corrected chi connectivity index (χ1v) is 19.8. The van der Waals surface area contributed by atoms with Crippen LogP contribution in [0.5, 0.6) is 0 Å². The average Bonchev–Trinajstić information content (AvgIpc) is 2.77. The number of hydrogen-bond donors (Lipinski definition) is 0. The Hall–Kier alpha value is 0.319. The van der Waals surface area contributed by atoms with Crippen molar-refractivity contribution in [3.63, 3.8) is 0 Å². The van der Waals surface area contributed by atoms with Gasteiger partial charge in [-0.15, -0.1) is 23.2 Å². The van der Waals surface area contributed by atoms with Gasteiger partial charge in [-0.05, 0) is 38.5 Å². The van der Waals surface area contributed by atoms with E-state index in [9.17, 15) is 19.8 Å². The third-order valence-corrected chi connectivity index (χ3v) is 5.56. The second-order valence-corrected chi connectivity index (χ2v) is 12.1. The van der Waals surface area contributed by atoms with Gasteiger partial charge in [-0.25, -0.2) is 0 Å². The van der Waals surface area contributed by atoms with Crippen LogP contribution in [-0.2, 0) is 9.59 Å². The normalized spacial score (nSPS) is 9.82. The minimum atomic E-state index is -0.920. The van der Waals surface area contributed by atoms with E-state index in [1.807, 2.05) is 0 Å². The van der Waals surface area contributed by atoms with Crippen LogP contribution in [0, 0.1) is 0 Å². The summed E-state index contributed by atoms with van der Waals surface area (Å²) < 4.78 is 0. The van der Waals surface area contributed by atoms with Gasteiger partial charge in [-0.2, -0.15) is 0 Å². The number of unbranched alkanes of at least 4 members (excludes halogenated alkanes) is 16. The van der Waals surface area contributed by atoms with Crippen LogP contribution in [0.15, 0.2) is 0 Å². The Kier molecular flexibility index (Phi) is 42.3. The third-order valence-electron chi connectivity index (χ3n) is 5.03. The molecule has 0 aliphatic heterocycles. The Morgan fingerprint density at radius 3 is 0.848 bits per heavy atom. The summed E-state index contributed by atoms with van der Waals surface area (Å²) in [7, 11) is 0. The molecule has 0 aliphatic rings. The number of alkyl halides is 2. The first-order valence-electron chi connectivity index (χ1n) is 13.1. The summed E-state index contributed by atoms with van der Waals surface area (Å²) in [5.41, 5.74) is 0. The molecule has 0 aliphatic carbocycles. The molecule has 0 saturated carbocycles. The predicted octanol–water partition coefficient (Wildman–Crippen LogP) is 6.54. The summed E-state index contributed by atoms with van der Waals surface area (Å²) in [4.78, 5) is 24.8. The van der Waals surface area contributed by atoms with Gasteiger partial charge >= 0.3 is 31.0 Å². The standard InChI is InChI=1S/2C12H23ClO2.2CH3.Sn/c2*13-11-9-7-5-3-1-2-4-6-8-10-12(14)15;;;/h2*1-11H2,(H,14,15);2*1H3;/q;;;;+2/p-2. The van der Waals surface area contributed by atoms with Crippen molar-refractivity contribution in [3.8, 4) is 0 Å². The monoisotopic (exact) mass is 616 g/mol. The molecule has 0 radical (unpaired) electrons. The molecule has 0 atom stereocenters. The van der Waals surface area contributed by atoms with E-state index in [4.69, 9.17) is 23.2 Å². The van der Waals surface area contributed by atoms with Crippen molar-refractivity contribution < 1.29 is 19.8 Å². The van der Waals surface area contributed by atoms with Gasteiger partial charge < -0.3 is 19.8 Å². The van der Waals surface area contributed by atoms with Gasteiger partial charge in [-0.3, -0.25) is 0 Å². The molecule has 196 valence electrons. The zero-order valence-corrected chi connectivity index (χ0v) is 25.8. The van der Waals surface area contributed by atoms with Gasteiger partial charge in [0.15, 0.2) is 0 Å². The van der Waals surface area contributed by atoms with Gasteiger partial charge in [-0.1, -0.05) is 89.9 Å². The molecule has 0 heterocycles. The molecule has 33 heavy (non-hydrogen) atoms. The molecule has 0 aromatic heterocycles. The summed E-state index contributed by atoms with van der Waals surface area (Å²) in [5.74, 6) is -0.279. The van der Waals surface area contributed by atoms with Crippen LogP contribution in [0.1, 0.15) is 128 Å². The molecule has 0 N–H and O–H groups in total. The Morgan fingerprint density at radius 1 is 0.485 bits per heavy atom. The van der Waals surface area contributed by atoms with Crippen LogP contribution in [0.3, 0.4) is 0 Å². The second kappa shape index (κ2) is 36.9. The molecule has 0 bridgehead atoms. The molecular weight excluding hydrogens is 566 g/mol. The molecule has 4 nitrogen and oxygen atoms in total. The molecule has 0 spiro atoms. The predicted molar refractivity (Wildman–Crippen MR) is 141 cm³/mol. The maximum absolute atomic E-state index is 10.1. The van der Waals surface area contributed by atoms with Crippen molar-refractivity contribution >= 4 is 56.3 Å². The maximum atomic E-state index is 10.1. The SMILES string of the molecule is O=C([O-])CCCCCCCCCCCCl.O=C([O-])CCCCCCCCCCCCl.[CH3][Sn+2][CH3]. The molecule has 0 fully saturated rings. The Balaban J connectivity index is -0.000000487. The van der Waals surface area contributed by atoms with Gasteiger partial charge in [0.1, 0.15) is 0 Å². The van der Waals surface area contributed by atoms with Crippen LogP contribution in [-0.4, -0.2) is 44.8 Å². The fourth-order valence-electron chi connectivity index (χ4n) is 3.20. The number of hydrogen-bond acceptors (Lipinski definition) is 4. The zero-order chi connectivity index (χ0) is 25.4. The molecule has 0 saturated heterocycles. The van der Waals surface area contributed by atoms with E-state index >= 15 is 0 Å². The first kappa shape index (κ1) is 37.9. The second-order valence-electron chi connectivity index (χ2n) is 8.49. The zero-order valence-electron chi connectivity index (χ0n) is 21.4. The third kappa shape index (κ3) is 50.2. The van der Waals surface area contributed by atoms with Crippen LogP contribution in [0.4, 0.5) is 0 Å². The van der Waals surface area contributed by atoms with Crippen molar-refractivity contribution in [1.82, 2.24) is 0 Å². The molecule has 0 amide bonds. The average molecular weight is 616 g/mol. The van der Waals surface area contributed by atoms with Crippen LogP contribution in [0.25, 0.3) is 0 Å². The quantitative estimate of drug-likeness (QED) is 0.0787.